The number of fused-ring (bicyclic) bond motifs is 1. The summed E-state index contributed by atoms with van der Waals surface area (Å²) in [5.41, 5.74) is 9.08. The van der Waals surface area contributed by atoms with Crippen molar-refractivity contribution < 1.29 is 4.74 Å². The first-order valence-electron chi connectivity index (χ1n) is 6.02. The number of ether oxygens (including phenoxy) is 1. The number of nitrogens with two attached hydrogens (primary N) is 1. The predicted octanol–water partition coefficient (Wildman–Crippen LogP) is 3.27. The summed E-state index contributed by atoms with van der Waals surface area (Å²) in [6.07, 6.45) is 0.898. The number of rotatable bonds is 2. The highest BCUT2D eigenvalue weighted by Crippen LogP contribution is 2.39. The van der Waals surface area contributed by atoms with Crippen LogP contribution >= 0.6 is 11.6 Å². The number of halogens is 1. The predicted molar refractivity (Wildman–Crippen MR) is 74.1 cm³/mol. The van der Waals surface area contributed by atoms with Crippen molar-refractivity contribution in [1.29, 1.82) is 0 Å². The van der Waals surface area contributed by atoms with Gasteiger partial charge in [0.05, 0.1) is 5.02 Å². The normalized spacial score (nSPS) is 17.3. The molecule has 0 amide bonds. The summed E-state index contributed by atoms with van der Waals surface area (Å²) in [5, 5.41) is 0.669. The van der Waals surface area contributed by atoms with E-state index in [1.807, 2.05) is 24.3 Å². The highest BCUT2D eigenvalue weighted by Gasteiger charge is 2.24. The summed E-state index contributed by atoms with van der Waals surface area (Å²) in [4.78, 5) is 0. The van der Waals surface area contributed by atoms with E-state index in [-0.39, 0.29) is 6.10 Å². The van der Waals surface area contributed by atoms with Crippen LogP contribution in [0.4, 0.5) is 0 Å². The van der Waals surface area contributed by atoms with Crippen molar-refractivity contribution in [3.8, 4) is 16.9 Å². The van der Waals surface area contributed by atoms with Crippen molar-refractivity contribution >= 4 is 11.6 Å². The minimum absolute atomic E-state index is 0.0588. The van der Waals surface area contributed by atoms with Gasteiger partial charge in [-0.3, -0.25) is 0 Å². The zero-order valence-corrected chi connectivity index (χ0v) is 10.7. The molecule has 0 aromatic heterocycles. The van der Waals surface area contributed by atoms with Gasteiger partial charge < -0.3 is 10.5 Å². The standard InChI is InChI=1S/C15H14ClNO/c16-14-8-11(10-4-2-1-3-5-10)6-12-7-13(9-17)18-15(12)14/h1-6,8,13H,7,9,17H2. The van der Waals surface area contributed by atoms with Crippen LogP contribution in [0.25, 0.3) is 11.1 Å². The Morgan fingerprint density at radius 2 is 1.94 bits per heavy atom. The van der Waals surface area contributed by atoms with Gasteiger partial charge >= 0.3 is 0 Å². The van der Waals surface area contributed by atoms with Crippen molar-refractivity contribution in [3.63, 3.8) is 0 Å². The average Bonchev–Trinajstić information content (AvgIpc) is 2.83. The Balaban J connectivity index is 2.04. The number of benzene rings is 2. The lowest BCUT2D eigenvalue weighted by atomic mass is 10.0. The maximum absolute atomic E-state index is 6.28. The second-order valence-corrected chi connectivity index (χ2v) is 4.90. The fourth-order valence-corrected chi connectivity index (χ4v) is 2.60. The van der Waals surface area contributed by atoms with Crippen LogP contribution in [0, 0.1) is 0 Å². The van der Waals surface area contributed by atoms with E-state index in [9.17, 15) is 0 Å². The van der Waals surface area contributed by atoms with E-state index in [1.54, 1.807) is 0 Å². The molecule has 1 aliphatic rings. The highest BCUT2D eigenvalue weighted by atomic mass is 35.5. The van der Waals surface area contributed by atoms with E-state index in [0.717, 1.165) is 23.3 Å². The minimum atomic E-state index is 0.0588. The Hall–Kier alpha value is -1.51. The van der Waals surface area contributed by atoms with E-state index in [4.69, 9.17) is 22.1 Å². The number of hydrogen-bond donors (Lipinski definition) is 1. The molecule has 2 N–H and O–H groups in total. The smallest absolute Gasteiger partial charge is 0.141 e. The highest BCUT2D eigenvalue weighted by molar-refractivity contribution is 6.32. The van der Waals surface area contributed by atoms with Gasteiger partial charge in [-0.05, 0) is 23.3 Å². The van der Waals surface area contributed by atoms with E-state index >= 15 is 0 Å². The minimum Gasteiger partial charge on any atom is -0.487 e. The first-order chi connectivity index (χ1) is 8.78. The van der Waals surface area contributed by atoms with Crippen LogP contribution in [0.2, 0.25) is 5.02 Å². The Morgan fingerprint density at radius 1 is 1.17 bits per heavy atom. The Labute approximate surface area is 111 Å². The molecule has 0 saturated carbocycles. The monoisotopic (exact) mass is 259 g/mol. The molecular formula is C15H14ClNO. The fourth-order valence-electron chi connectivity index (χ4n) is 2.32. The molecule has 1 unspecified atom stereocenters. The van der Waals surface area contributed by atoms with Crippen LogP contribution in [0.3, 0.4) is 0 Å². The average molecular weight is 260 g/mol. The van der Waals surface area contributed by atoms with Crippen LogP contribution in [0.15, 0.2) is 42.5 Å². The summed E-state index contributed by atoms with van der Waals surface area (Å²) < 4.78 is 5.72. The quantitative estimate of drug-likeness (QED) is 0.898. The first kappa shape index (κ1) is 11.6. The molecular weight excluding hydrogens is 246 g/mol. The van der Waals surface area contributed by atoms with Gasteiger partial charge in [-0.1, -0.05) is 41.9 Å². The van der Waals surface area contributed by atoms with Crippen LogP contribution < -0.4 is 10.5 Å². The van der Waals surface area contributed by atoms with Crippen LogP contribution in [0.5, 0.6) is 5.75 Å². The third-order valence-corrected chi connectivity index (χ3v) is 3.50. The van der Waals surface area contributed by atoms with E-state index in [1.165, 1.54) is 5.56 Å². The molecule has 3 heteroatoms. The Bertz CT molecular complexity index is 568. The van der Waals surface area contributed by atoms with Crippen molar-refractivity contribution in [3.05, 3.63) is 53.1 Å². The summed E-state index contributed by atoms with van der Waals surface area (Å²) in [6.45, 7) is 0.520. The molecule has 2 aromatic rings. The van der Waals surface area contributed by atoms with Crippen molar-refractivity contribution in [2.24, 2.45) is 5.73 Å². The molecule has 1 atom stereocenters. The summed E-state index contributed by atoms with van der Waals surface area (Å²) >= 11 is 6.28. The third-order valence-electron chi connectivity index (χ3n) is 3.22. The van der Waals surface area contributed by atoms with E-state index in [0.29, 0.717) is 11.6 Å². The molecule has 2 aromatic carbocycles. The van der Waals surface area contributed by atoms with Gasteiger partial charge in [0.25, 0.3) is 0 Å². The van der Waals surface area contributed by atoms with Gasteiger partial charge in [-0.25, -0.2) is 0 Å². The molecule has 2 nitrogen and oxygen atoms in total. The summed E-state index contributed by atoms with van der Waals surface area (Å²) in [6, 6.07) is 14.3. The lowest BCUT2D eigenvalue weighted by Crippen LogP contribution is -2.24. The second-order valence-electron chi connectivity index (χ2n) is 4.49. The molecule has 1 aliphatic heterocycles. The Morgan fingerprint density at radius 3 is 2.67 bits per heavy atom. The second kappa shape index (κ2) is 4.63. The lowest BCUT2D eigenvalue weighted by molar-refractivity contribution is 0.241. The molecule has 0 radical (unpaired) electrons. The molecule has 18 heavy (non-hydrogen) atoms. The summed E-state index contributed by atoms with van der Waals surface area (Å²) in [5.74, 6) is 0.798. The van der Waals surface area contributed by atoms with Gasteiger partial charge in [-0.2, -0.15) is 0 Å². The molecule has 0 aliphatic carbocycles. The fraction of sp³-hybridized carbons (Fsp3) is 0.200. The SMILES string of the molecule is NCC1Cc2cc(-c3ccccc3)cc(Cl)c2O1. The van der Waals surface area contributed by atoms with Crippen molar-refractivity contribution in [2.45, 2.75) is 12.5 Å². The molecule has 92 valence electrons. The zero-order chi connectivity index (χ0) is 12.5. The van der Waals surface area contributed by atoms with Gasteiger partial charge in [0.2, 0.25) is 0 Å². The third kappa shape index (κ3) is 1.98. The van der Waals surface area contributed by atoms with Crippen molar-refractivity contribution in [2.75, 3.05) is 6.54 Å². The van der Waals surface area contributed by atoms with Gasteiger partial charge in [0.15, 0.2) is 0 Å². The van der Waals surface area contributed by atoms with E-state index in [2.05, 4.69) is 18.2 Å². The number of hydrogen-bond acceptors (Lipinski definition) is 2. The maximum Gasteiger partial charge on any atom is 0.141 e. The van der Waals surface area contributed by atoms with Crippen LogP contribution in [-0.2, 0) is 6.42 Å². The molecule has 3 rings (SSSR count). The first-order valence-corrected chi connectivity index (χ1v) is 6.40. The van der Waals surface area contributed by atoms with Crippen LogP contribution in [0.1, 0.15) is 5.56 Å². The summed E-state index contributed by atoms with van der Waals surface area (Å²) in [7, 11) is 0. The topological polar surface area (TPSA) is 35.2 Å². The van der Waals surface area contributed by atoms with Gasteiger partial charge in [0, 0.05) is 18.5 Å². The zero-order valence-electron chi connectivity index (χ0n) is 9.90. The molecule has 0 spiro atoms. The molecule has 0 saturated heterocycles. The largest absolute Gasteiger partial charge is 0.487 e. The van der Waals surface area contributed by atoms with Crippen LogP contribution in [-0.4, -0.2) is 12.6 Å². The van der Waals surface area contributed by atoms with E-state index < -0.39 is 0 Å². The maximum atomic E-state index is 6.28. The molecule has 0 bridgehead atoms. The van der Waals surface area contributed by atoms with Gasteiger partial charge in [0.1, 0.15) is 11.9 Å². The van der Waals surface area contributed by atoms with Crippen molar-refractivity contribution in [1.82, 2.24) is 0 Å². The lowest BCUT2D eigenvalue weighted by Gasteiger charge is -2.08. The molecule has 1 heterocycles. The molecule has 0 fully saturated rings. The van der Waals surface area contributed by atoms with Gasteiger partial charge in [-0.15, -0.1) is 0 Å². The Kier molecular flexibility index (Phi) is 2.98.